The molecule has 0 radical (unpaired) electrons. The quantitative estimate of drug-likeness (QED) is 0.870. The second-order valence-electron chi connectivity index (χ2n) is 3.64. The van der Waals surface area contributed by atoms with E-state index in [1.165, 1.54) is 0 Å². The van der Waals surface area contributed by atoms with Crippen molar-refractivity contribution in [3.63, 3.8) is 0 Å². The third-order valence-electron chi connectivity index (χ3n) is 2.36. The first-order valence-corrected chi connectivity index (χ1v) is 5.95. The molecule has 2 rings (SSSR count). The summed E-state index contributed by atoms with van der Waals surface area (Å²) in [5, 5.41) is 3.89. The van der Waals surface area contributed by atoms with E-state index >= 15 is 0 Å². The second kappa shape index (κ2) is 5.42. The Hall–Kier alpha value is -1.52. The van der Waals surface area contributed by atoms with Crippen LogP contribution in [0, 0.1) is 6.92 Å². The fraction of sp³-hybridized carbons (Fsp3) is 0.167. The lowest BCUT2D eigenvalue weighted by Crippen LogP contribution is -1.98. The highest BCUT2D eigenvalue weighted by Crippen LogP contribution is 2.29. The number of methoxy groups -OCH3 is 1. The number of ether oxygens (including phenoxy) is 1. The van der Waals surface area contributed by atoms with E-state index in [9.17, 15) is 0 Å². The number of benzene rings is 1. The first kappa shape index (κ1) is 12.9. The fourth-order valence-electron chi connectivity index (χ4n) is 1.42. The van der Waals surface area contributed by atoms with Crippen molar-refractivity contribution in [1.82, 2.24) is 9.97 Å². The van der Waals surface area contributed by atoms with Gasteiger partial charge < -0.3 is 10.1 Å². The molecule has 1 heterocycles. The van der Waals surface area contributed by atoms with Crippen LogP contribution in [-0.4, -0.2) is 17.1 Å². The number of nitrogens with zero attached hydrogens (tertiary/aromatic N) is 2. The minimum Gasteiger partial charge on any atom is -0.495 e. The second-order valence-corrected chi connectivity index (χ2v) is 4.39. The highest BCUT2D eigenvalue weighted by molar-refractivity contribution is 6.32. The fourth-order valence-corrected chi connectivity index (χ4v) is 1.75. The van der Waals surface area contributed by atoms with Gasteiger partial charge in [0.1, 0.15) is 11.6 Å². The van der Waals surface area contributed by atoms with Gasteiger partial charge >= 0.3 is 0 Å². The van der Waals surface area contributed by atoms with Gasteiger partial charge in [0.15, 0.2) is 0 Å². The number of aryl methyl sites for hydroxylation is 1. The number of hydrogen-bond acceptors (Lipinski definition) is 4. The minimum absolute atomic E-state index is 0.198. The lowest BCUT2D eigenvalue weighted by molar-refractivity contribution is 0.415. The predicted octanol–water partition coefficient (Wildman–Crippen LogP) is 3.84. The van der Waals surface area contributed by atoms with Crippen molar-refractivity contribution >= 4 is 34.7 Å². The Bertz CT molecular complexity index is 575. The highest BCUT2D eigenvalue weighted by atomic mass is 35.5. The molecule has 94 valence electrons. The third-order valence-corrected chi connectivity index (χ3v) is 2.85. The van der Waals surface area contributed by atoms with E-state index in [0.717, 1.165) is 11.3 Å². The number of aromatic nitrogens is 2. The summed E-state index contributed by atoms with van der Waals surface area (Å²) in [7, 11) is 1.57. The van der Waals surface area contributed by atoms with E-state index in [1.807, 2.05) is 13.0 Å². The zero-order valence-corrected chi connectivity index (χ0v) is 11.4. The van der Waals surface area contributed by atoms with Gasteiger partial charge in [0.25, 0.3) is 0 Å². The molecule has 1 N–H and O–H groups in total. The van der Waals surface area contributed by atoms with Gasteiger partial charge in [0.2, 0.25) is 5.28 Å². The summed E-state index contributed by atoms with van der Waals surface area (Å²) in [6, 6.07) is 5.37. The van der Waals surface area contributed by atoms with Crippen molar-refractivity contribution < 1.29 is 4.74 Å². The van der Waals surface area contributed by atoms with Gasteiger partial charge in [-0.2, -0.15) is 0 Å². The van der Waals surface area contributed by atoms with Crippen LogP contribution in [0.1, 0.15) is 5.56 Å². The molecule has 0 spiro atoms. The molecule has 1 aromatic heterocycles. The molecule has 0 aliphatic carbocycles. The largest absolute Gasteiger partial charge is 0.495 e. The van der Waals surface area contributed by atoms with Crippen molar-refractivity contribution in [2.24, 2.45) is 0 Å². The van der Waals surface area contributed by atoms with Gasteiger partial charge in [-0.05, 0) is 30.7 Å². The zero-order chi connectivity index (χ0) is 13.1. The lowest BCUT2D eigenvalue weighted by Gasteiger charge is -2.10. The monoisotopic (exact) mass is 283 g/mol. The molecule has 4 nitrogen and oxygen atoms in total. The Labute approximate surface area is 115 Å². The molecular formula is C12H11Cl2N3O. The van der Waals surface area contributed by atoms with Crippen LogP contribution in [0.5, 0.6) is 5.75 Å². The number of anilines is 2. The molecule has 0 atom stereocenters. The highest BCUT2D eigenvalue weighted by Gasteiger charge is 2.06. The average Bonchev–Trinajstić information content (AvgIpc) is 2.36. The molecule has 0 saturated heterocycles. The standard InChI is InChI=1S/C12H11Cl2N3O/c1-7-6-15-12(14)17-11(7)16-8-3-4-9(13)10(5-8)18-2/h3-6H,1-2H3,(H,15,16,17). The van der Waals surface area contributed by atoms with E-state index in [0.29, 0.717) is 16.6 Å². The summed E-state index contributed by atoms with van der Waals surface area (Å²) < 4.78 is 5.15. The van der Waals surface area contributed by atoms with E-state index in [2.05, 4.69) is 15.3 Å². The summed E-state index contributed by atoms with van der Waals surface area (Å²) in [4.78, 5) is 8.01. The van der Waals surface area contributed by atoms with Gasteiger partial charge in [-0.3, -0.25) is 0 Å². The Kier molecular flexibility index (Phi) is 3.89. The maximum atomic E-state index is 5.96. The maximum Gasteiger partial charge on any atom is 0.224 e. The van der Waals surface area contributed by atoms with Crippen molar-refractivity contribution in [3.05, 3.63) is 40.3 Å². The van der Waals surface area contributed by atoms with Gasteiger partial charge in [-0.15, -0.1) is 0 Å². The number of rotatable bonds is 3. The Balaban J connectivity index is 2.31. The van der Waals surface area contributed by atoms with E-state index in [1.54, 1.807) is 25.4 Å². The zero-order valence-electron chi connectivity index (χ0n) is 9.87. The first-order chi connectivity index (χ1) is 8.60. The summed E-state index contributed by atoms with van der Waals surface area (Å²) in [6.45, 7) is 1.89. The van der Waals surface area contributed by atoms with Crippen LogP contribution in [0.2, 0.25) is 10.3 Å². The molecule has 2 aromatic rings. The van der Waals surface area contributed by atoms with Crippen molar-refractivity contribution in [2.45, 2.75) is 6.92 Å². The van der Waals surface area contributed by atoms with E-state index < -0.39 is 0 Å². The van der Waals surface area contributed by atoms with Gasteiger partial charge in [-0.25, -0.2) is 9.97 Å². The van der Waals surface area contributed by atoms with Crippen LogP contribution in [0.3, 0.4) is 0 Å². The summed E-state index contributed by atoms with van der Waals surface area (Å²) in [5.41, 5.74) is 1.71. The molecule has 0 saturated carbocycles. The molecule has 0 fully saturated rings. The molecule has 0 bridgehead atoms. The van der Waals surface area contributed by atoms with Crippen LogP contribution >= 0.6 is 23.2 Å². The van der Waals surface area contributed by atoms with Crippen molar-refractivity contribution in [2.75, 3.05) is 12.4 Å². The lowest BCUT2D eigenvalue weighted by atomic mass is 10.2. The minimum atomic E-state index is 0.198. The molecule has 0 aliphatic rings. The van der Waals surface area contributed by atoms with Crippen LogP contribution < -0.4 is 10.1 Å². The number of halogens is 2. The number of hydrogen-bond donors (Lipinski definition) is 1. The van der Waals surface area contributed by atoms with E-state index in [-0.39, 0.29) is 5.28 Å². The van der Waals surface area contributed by atoms with Gasteiger partial charge in [-0.1, -0.05) is 11.6 Å². The van der Waals surface area contributed by atoms with Crippen LogP contribution in [0.25, 0.3) is 0 Å². The third kappa shape index (κ3) is 2.83. The number of nitrogens with one attached hydrogen (secondary N) is 1. The van der Waals surface area contributed by atoms with Crippen molar-refractivity contribution in [1.29, 1.82) is 0 Å². The van der Waals surface area contributed by atoms with E-state index in [4.69, 9.17) is 27.9 Å². The van der Waals surface area contributed by atoms with Gasteiger partial charge in [0.05, 0.1) is 12.1 Å². The normalized spacial score (nSPS) is 10.2. The Morgan fingerprint density at radius 1 is 1.28 bits per heavy atom. The Morgan fingerprint density at radius 2 is 2.06 bits per heavy atom. The Morgan fingerprint density at radius 3 is 2.78 bits per heavy atom. The maximum absolute atomic E-state index is 5.96. The molecule has 18 heavy (non-hydrogen) atoms. The average molecular weight is 284 g/mol. The first-order valence-electron chi connectivity index (χ1n) is 5.20. The topological polar surface area (TPSA) is 47.0 Å². The van der Waals surface area contributed by atoms with Gasteiger partial charge in [0, 0.05) is 23.5 Å². The molecule has 0 unspecified atom stereocenters. The molecule has 0 aliphatic heterocycles. The smallest absolute Gasteiger partial charge is 0.224 e. The molecule has 6 heteroatoms. The summed E-state index contributed by atoms with van der Waals surface area (Å²) >= 11 is 11.7. The summed E-state index contributed by atoms with van der Waals surface area (Å²) in [5.74, 6) is 1.25. The summed E-state index contributed by atoms with van der Waals surface area (Å²) in [6.07, 6.45) is 1.66. The van der Waals surface area contributed by atoms with Crippen LogP contribution in [0.15, 0.2) is 24.4 Å². The molecular weight excluding hydrogens is 273 g/mol. The predicted molar refractivity (Wildman–Crippen MR) is 73.1 cm³/mol. The SMILES string of the molecule is COc1cc(Nc2nc(Cl)ncc2C)ccc1Cl. The van der Waals surface area contributed by atoms with Crippen LogP contribution in [-0.2, 0) is 0 Å². The van der Waals surface area contributed by atoms with Crippen LogP contribution in [0.4, 0.5) is 11.5 Å². The molecule has 1 aromatic carbocycles. The van der Waals surface area contributed by atoms with Crippen molar-refractivity contribution in [3.8, 4) is 5.75 Å². The molecule has 0 amide bonds.